The molecule has 1 fully saturated rings. The molecule has 18 heavy (non-hydrogen) atoms. The van der Waals surface area contributed by atoms with Crippen molar-refractivity contribution in [2.24, 2.45) is 0 Å². The van der Waals surface area contributed by atoms with E-state index in [-0.39, 0.29) is 12.5 Å². The van der Waals surface area contributed by atoms with Gasteiger partial charge in [-0.2, -0.15) is 0 Å². The van der Waals surface area contributed by atoms with Crippen molar-refractivity contribution in [2.75, 3.05) is 11.9 Å². The Morgan fingerprint density at radius 2 is 2.11 bits per heavy atom. The highest BCUT2D eigenvalue weighted by atomic mass is 79.9. The molecule has 0 unspecified atom stereocenters. The van der Waals surface area contributed by atoms with Crippen molar-refractivity contribution in [1.29, 1.82) is 0 Å². The molecule has 3 nitrogen and oxygen atoms in total. The minimum atomic E-state index is 0.0259. The SMILES string of the molecule is O=C(CNc1cc(Br)ccc1Cl)NC1CCCC1. The van der Waals surface area contributed by atoms with Gasteiger partial charge in [-0.1, -0.05) is 40.4 Å². The lowest BCUT2D eigenvalue weighted by atomic mass is 10.2. The van der Waals surface area contributed by atoms with Gasteiger partial charge in [0.25, 0.3) is 0 Å². The second-order valence-electron chi connectivity index (χ2n) is 4.53. The Morgan fingerprint density at radius 3 is 2.83 bits per heavy atom. The zero-order chi connectivity index (χ0) is 13.0. The first kappa shape index (κ1) is 13.7. The molecular weight excluding hydrogens is 316 g/mol. The van der Waals surface area contributed by atoms with Crippen LogP contribution in [0.3, 0.4) is 0 Å². The molecule has 0 aromatic heterocycles. The molecule has 1 aliphatic carbocycles. The summed E-state index contributed by atoms with van der Waals surface area (Å²) < 4.78 is 0.936. The molecule has 2 rings (SSSR count). The van der Waals surface area contributed by atoms with Gasteiger partial charge in [-0.05, 0) is 31.0 Å². The topological polar surface area (TPSA) is 41.1 Å². The van der Waals surface area contributed by atoms with Crippen LogP contribution in [0.2, 0.25) is 5.02 Å². The van der Waals surface area contributed by atoms with Gasteiger partial charge in [0, 0.05) is 10.5 Å². The van der Waals surface area contributed by atoms with E-state index in [4.69, 9.17) is 11.6 Å². The maximum absolute atomic E-state index is 11.7. The van der Waals surface area contributed by atoms with Crippen LogP contribution in [-0.2, 0) is 4.79 Å². The van der Waals surface area contributed by atoms with Crippen molar-refractivity contribution in [3.05, 3.63) is 27.7 Å². The van der Waals surface area contributed by atoms with Crippen LogP contribution in [0.1, 0.15) is 25.7 Å². The number of hydrogen-bond donors (Lipinski definition) is 2. The molecule has 0 spiro atoms. The van der Waals surface area contributed by atoms with E-state index in [1.54, 1.807) is 6.07 Å². The lowest BCUT2D eigenvalue weighted by molar-refractivity contribution is -0.120. The summed E-state index contributed by atoms with van der Waals surface area (Å²) in [5, 5.41) is 6.70. The van der Waals surface area contributed by atoms with Gasteiger partial charge >= 0.3 is 0 Å². The summed E-state index contributed by atoms with van der Waals surface area (Å²) in [5.74, 6) is 0.0259. The minimum absolute atomic E-state index is 0.0259. The molecule has 1 aliphatic rings. The molecule has 0 aliphatic heterocycles. The Kier molecular flexibility index (Phi) is 4.89. The normalized spacial score (nSPS) is 15.7. The van der Waals surface area contributed by atoms with Crippen molar-refractivity contribution in [2.45, 2.75) is 31.7 Å². The van der Waals surface area contributed by atoms with E-state index in [1.807, 2.05) is 12.1 Å². The third-order valence-electron chi connectivity index (χ3n) is 3.09. The molecule has 1 aromatic rings. The summed E-state index contributed by atoms with van der Waals surface area (Å²) in [6, 6.07) is 5.89. The van der Waals surface area contributed by atoms with E-state index >= 15 is 0 Å². The number of nitrogens with one attached hydrogen (secondary N) is 2. The average Bonchev–Trinajstić information content (AvgIpc) is 2.83. The van der Waals surface area contributed by atoms with Gasteiger partial charge in [-0.3, -0.25) is 4.79 Å². The lowest BCUT2D eigenvalue weighted by Gasteiger charge is -2.13. The maximum atomic E-state index is 11.7. The van der Waals surface area contributed by atoms with Gasteiger partial charge in [0.2, 0.25) is 5.91 Å². The quantitative estimate of drug-likeness (QED) is 0.885. The van der Waals surface area contributed by atoms with Crippen LogP contribution in [0.25, 0.3) is 0 Å². The summed E-state index contributed by atoms with van der Waals surface area (Å²) >= 11 is 9.41. The molecule has 0 atom stereocenters. The number of benzene rings is 1. The fourth-order valence-electron chi connectivity index (χ4n) is 2.16. The van der Waals surface area contributed by atoms with Crippen LogP contribution in [-0.4, -0.2) is 18.5 Å². The van der Waals surface area contributed by atoms with Gasteiger partial charge in [0.15, 0.2) is 0 Å². The highest BCUT2D eigenvalue weighted by Gasteiger charge is 2.16. The van der Waals surface area contributed by atoms with E-state index in [1.165, 1.54) is 12.8 Å². The van der Waals surface area contributed by atoms with Crippen molar-refractivity contribution in [3.63, 3.8) is 0 Å². The number of anilines is 1. The molecule has 1 aromatic carbocycles. The van der Waals surface area contributed by atoms with Gasteiger partial charge in [0.1, 0.15) is 0 Å². The second kappa shape index (κ2) is 6.43. The summed E-state index contributed by atoms with van der Waals surface area (Å²) in [6.07, 6.45) is 4.64. The molecule has 0 saturated heterocycles. The molecule has 2 N–H and O–H groups in total. The highest BCUT2D eigenvalue weighted by molar-refractivity contribution is 9.10. The summed E-state index contributed by atoms with van der Waals surface area (Å²) in [6.45, 7) is 0.257. The number of hydrogen-bond acceptors (Lipinski definition) is 2. The molecular formula is C13H16BrClN2O. The van der Waals surface area contributed by atoms with E-state index < -0.39 is 0 Å². The first-order chi connectivity index (χ1) is 8.65. The maximum Gasteiger partial charge on any atom is 0.239 e. The summed E-state index contributed by atoms with van der Waals surface area (Å²) in [5.41, 5.74) is 0.771. The Balaban J connectivity index is 1.83. The number of carbonyl (C=O) groups is 1. The van der Waals surface area contributed by atoms with Gasteiger partial charge in [-0.25, -0.2) is 0 Å². The molecule has 1 saturated carbocycles. The number of rotatable bonds is 4. The van der Waals surface area contributed by atoms with Crippen LogP contribution in [0, 0.1) is 0 Å². The smallest absolute Gasteiger partial charge is 0.239 e. The molecule has 98 valence electrons. The monoisotopic (exact) mass is 330 g/mol. The minimum Gasteiger partial charge on any atom is -0.375 e. The second-order valence-corrected chi connectivity index (χ2v) is 5.85. The summed E-state index contributed by atoms with van der Waals surface area (Å²) in [4.78, 5) is 11.7. The first-order valence-corrected chi connectivity index (χ1v) is 7.30. The van der Waals surface area contributed by atoms with E-state index in [9.17, 15) is 4.79 Å². The van der Waals surface area contributed by atoms with Crippen molar-refractivity contribution in [1.82, 2.24) is 5.32 Å². The molecule has 1 amide bonds. The van der Waals surface area contributed by atoms with Gasteiger partial charge < -0.3 is 10.6 Å². The van der Waals surface area contributed by atoms with Crippen molar-refractivity contribution >= 4 is 39.1 Å². The van der Waals surface area contributed by atoms with Gasteiger partial charge in [0.05, 0.1) is 17.3 Å². The molecule has 0 radical (unpaired) electrons. The predicted molar refractivity (Wildman–Crippen MR) is 78.0 cm³/mol. The first-order valence-electron chi connectivity index (χ1n) is 6.13. The predicted octanol–water partition coefficient (Wildman–Crippen LogP) is 3.57. The number of amides is 1. The van der Waals surface area contributed by atoms with Crippen LogP contribution in [0.4, 0.5) is 5.69 Å². The van der Waals surface area contributed by atoms with Crippen LogP contribution in [0.15, 0.2) is 22.7 Å². The van der Waals surface area contributed by atoms with Gasteiger partial charge in [-0.15, -0.1) is 0 Å². The number of halogens is 2. The third-order valence-corrected chi connectivity index (χ3v) is 3.91. The standard InChI is InChI=1S/C13H16BrClN2O/c14-9-5-6-11(15)12(7-9)16-8-13(18)17-10-3-1-2-4-10/h5-7,10,16H,1-4,8H2,(H,17,18). The Bertz CT molecular complexity index is 433. The Labute approximate surface area is 120 Å². The van der Waals surface area contributed by atoms with Crippen LogP contribution < -0.4 is 10.6 Å². The largest absolute Gasteiger partial charge is 0.375 e. The third kappa shape index (κ3) is 3.89. The van der Waals surface area contributed by atoms with Crippen molar-refractivity contribution in [3.8, 4) is 0 Å². The van der Waals surface area contributed by atoms with E-state index in [0.717, 1.165) is 23.0 Å². The fourth-order valence-corrected chi connectivity index (χ4v) is 2.70. The molecule has 5 heteroatoms. The highest BCUT2D eigenvalue weighted by Crippen LogP contribution is 2.25. The lowest BCUT2D eigenvalue weighted by Crippen LogP contribution is -2.36. The summed E-state index contributed by atoms with van der Waals surface area (Å²) in [7, 11) is 0. The zero-order valence-corrected chi connectivity index (χ0v) is 12.4. The van der Waals surface area contributed by atoms with Crippen LogP contribution >= 0.6 is 27.5 Å². The van der Waals surface area contributed by atoms with E-state index in [0.29, 0.717) is 11.1 Å². The van der Waals surface area contributed by atoms with E-state index in [2.05, 4.69) is 26.6 Å². The molecule has 0 bridgehead atoms. The van der Waals surface area contributed by atoms with Crippen LogP contribution in [0.5, 0.6) is 0 Å². The Hall–Kier alpha value is -0.740. The zero-order valence-electron chi connectivity index (χ0n) is 10.0. The fraction of sp³-hybridized carbons (Fsp3) is 0.462. The average molecular weight is 332 g/mol. The van der Waals surface area contributed by atoms with Crippen molar-refractivity contribution < 1.29 is 4.79 Å². The Morgan fingerprint density at radius 1 is 1.39 bits per heavy atom. The molecule has 0 heterocycles. The number of carbonyl (C=O) groups excluding carboxylic acids is 1.